The predicted octanol–water partition coefficient (Wildman–Crippen LogP) is 5.62. The van der Waals surface area contributed by atoms with Crippen molar-refractivity contribution in [3.05, 3.63) is 64.2 Å². The average Bonchev–Trinajstić information content (AvgIpc) is 2.64. The Hall–Kier alpha value is -2.05. The third kappa shape index (κ3) is 7.86. The maximum atomic E-state index is 12.9. The second-order valence-electron chi connectivity index (χ2n) is 8.85. The van der Waals surface area contributed by atoms with Crippen molar-refractivity contribution in [1.29, 1.82) is 0 Å². The molecule has 0 aromatic heterocycles. The van der Waals surface area contributed by atoms with E-state index in [2.05, 4.69) is 33.8 Å². The minimum atomic E-state index is -4.30. The fourth-order valence-corrected chi connectivity index (χ4v) is 4.65. The summed E-state index contributed by atoms with van der Waals surface area (Å²) >= 11 is 6.03. The van der Waals surface area contributed by atoms with Crippen LogP contribution in [-0.2, 0) is 27.9 Å². The summed E-state index contributed by atoms with van der Waals surface area (Å²) in [6.45, 7) is 10.2. The highest BCUT2D eigenvalue weighted by Gasteiger charge is 2.26. The largest absolute Gasteiger partial charge is 0.412 e. The van der Waals surface area contributed by atoms with Gasteiger partial charge in [-0.2, -0.15) is 8.42 Å². The predicted molar refractivity (Wildman–Crippen MR) is 126 cm³/mol. The van der Waals surface area contributed by atoms with Crippen LogP contribution in [0.25, 0.3) is 0 Å². The van der Waals surface area contributed by atoms with E-state index in [0.29, 0.717) is 27.6 Å². The first kappa shape index (κ1) is 25.2. The summed E-state index contributed by atoms with van der Waals surface area (Å²) in [6.07, 6.45) is 1.92. The maximum absolute atomic E-state index is 12.9. The van der Waals surface area contributed by atoms with Gasteiger partial charge in [0.05, 0.1) is 0 Å². The lowest BCUT2D eigenvalue weighted by molar-refractivity contribution is -0.114. The third-order valence-electron chi connectivity index (χ3n) is 4.79. The zero-order valence-electron chi connectivity index (χ0n) is 18.8. The molecule has 0 aliphatic heterocycles. The number of hydrogen-bond acceptors (Lipinski definition) is 4. The summed E-state index contributed by atoms with van der Waals surface area (Å²) in [5, 5.41) is 0.556. The highest BCUT2D eigenvalue weighted by Crippen LogP contribution is 2.25. The van der Waals surface area contributed by atoms with E-state index in [1.807, 2.05) is 13.0 Å². The van der Waals surface area contributed by atoms with Crippen LogP contribution in [0.5, 0.6) is 5.75 Å². The van der Waals surface area contributed by atoms with Gasteiger partial charge < -0.3 is 4.18 Å². The molecule has 0 spiro atoms. The van der Waals surface area contributed by atoms with Crippen molar-refractivity contribution in [2.45, 2.75) is 53.4 Å². The number of benzene rings is 2. The molecule has 0 saturated heterocycles. The van der Waals surface area contributed by atoms with Gasteiger partial charge in [0.2, 0.25) is 6.41 Å². The van der Waals surface area contributed by atoms with Crippen LogP contribution in [0.1, 0.15) is 57.2 Å². The molecule has 2 aromatic carbocycles. The quantitative estimate of drug-likeness (QED) is 0.404. The fraction of sp³-hybridized carbons (Fsp3) is 0.458. The highest BCUT2D eigenvalue weighted by molar-refractivity contribution is 7.85. The van der Waals surface area contributed by atoms with Crippen molar-refractivity contribution in [3.63, 3.8) is 0 Å². The molecule has 7 heteroatoms. The van der Waals surface area contributed by atoms with Crippen molar-refractivity contribution in [2.75, 3.05) is 6.54 Å². The van der Waals surface area contributed by atoms with Crippen LogP contribution in [0.15, 0.2) is 42.5 Å². The molecule has 0 aliphatic carbocycles. The number of carbonyl (C=O) groups excluding carboxylic acids is 1. The molecule has 170 valence electrons. The van der Waals surface area contributed by atoms with Gasteiger partial charge in [-0.3, -0.25) is 4.79 Å². The number of nitrogens with zero attached hydrogens (tertiary/aromatic N) is 1. The Labute approximate surface area is 191 Å². The Morgan fingerprint density at radius 1 is 0.968 bits per heavy atom. The Bertz CT molecular complexity index is 961. The fourth-order valence-electron chi connectivity index (χ4n) is 3.50. The second-order valence-corrected chi connectivity index (χ2v) is 10.8. The van der Waals surface area contributed by atoms with Crippen molar-refractivity contribution >= 4 is 28.3 Å². The molecule has 0 radical (unpaired) electrons. The normalized spacial score (nSPS) is 12.8. The van der Waals surface area contributed by atoms with E-state index in [4.69, 9.17) is 15.8 Å². The first-order valence-electron chi connectivity index (χ1n) is 10.5. The number of hydrogen-bond donors (Lipinski definition) is 0. The molecule has 1 unspecified atom stereocenters. The highest BCUT2D eigenvalue weighted by atomic mass is 35.5. The summed E-state index contributed by atoms with van der Waals surface area (Å²) in [4.78, 5) is 11.6. The SMILES string of the molecule is CC(C)Cc1cc(CC(C)C)cc(OS(=O)(=O)N(C=O)CC(C)c2cccc(Cl)c2)c1. The Kier molecular flexibility index (Phi) is 8.95. The Morgan fingerprint density at radius 2 is 1.55 bits per heavy atom. The number of halogens is 1. The van der Waals surface area contributed by atoms with E-state index in [0.717, 1.165) is 29.5 Å². The van der Waals surface area contributed by atoms with Crippen molar-refractivity contribution in [1.82, 2.24) is 4.31 Å². The van der Waals surface area contributed by atoms with Gasteiger partial charge in [-0.15, -0.1) is 0 Å². The molecule has 0 saturated carbocycles. The minimum absolute atomic E-state index is 0.0449. The van der Waals surface area contributed by atoms with Gasteiger partial charge in [-0.1, -0.05) is 64.4 Å². The smallest absolute Gasteiger partial charge is 0.367 e. The van der Waals surface area contributed by atoms with Gasteiger partial charge in [-0.05, 0) is 65.6 Å². The van der Waals surface area contributed by atoms with E-state index in [9.17, 15) is 13.2 Å². The molecular formula is C24H32ClNO4S. The van der Waals surface area contributed by atoms with Crippen LogP contribution in [0, 0.1) is 11.8 Å². The van der Waals surface area contributed by atoms with Crippen molar-refractivity contribution in [3.8, 4) is 5.75 Å². The van der Waals surface area contributed by atoms with Crippen LogP contribution in [0.4, 0.5) is 0 Å². The topological polar surface area (TPSA) is 63.7 Å². The molecule has 0 heterocycles. The first-order valence-corrected chi connectivity index (χ1v) is 12.3. The molecule has 2 aromatic rings. The van der Waals surface area contributed by atoms with Crippen LogP contribution < -0.4 is 4.18 Å². The number of carbonyl (C=O) groups is 1. The summed E-state index contributed by atoms with van der Waals surface area (Å²) in [5.74, 6) is 0.828. The number of rotatable bonds is 11. The van der Waals surface area contributed by atoms with Gasteiger partial charge in [0.1, 0.15) is 5.75 Å². The molecule has 0 fully saturated rings. The minimum Gasteiger partial charge on any atom is -0.367 e. The molecule has 1 amide bonds. The summed E-state index contributed by atoms with van der Waals surface area (Å²) in [5.41, 5.74) is 2.87. The molecule has 1 atom stereocenters. The van der Waals surface area contributed by atoms with E-state index < -0.39 is 10.3 Å². The van der Waals surface area contributed by atoms with Crippen LogP contribution >= 0.6 is 11.6 Å². The average molecular weight is 466 g/mol. The van der Waals surface area contributed by atoms with Gasteiger partial charge in [0.25, 0.3) is 0 Å². The van der Waals surface area contributed by atoms with Gasteiger partial charge >= 0.3 is 10.3 Å². The van der Waals surface area contributed by atoms with Gasteiger partial charge in [0, 0.05) is 17.5 Å². The first-order chi connectivity index (χ1) is 14.5. The molecule has 2 rings (SSSR count). The summed E-state index contributed by atoms with van der Waals surface area (Å²) in [7, 11) is -4.30. The van der Waals surface area contributed by atoms with Crippen LogP contribution in [-0.4, -0.2) is 25.7 Å². The molecule has 31 heavy (non-hydrogen) atoms. The molecule has 0 N–H and O–H groups in total. The Morgan fingerprint density at radius 3 is 2.03 bits per heavy atom. The van der Waals surface area contributed by atoms with Gasteiger partial charge in [0.15, 0.2) is 0 Å². The lowest BCUT2D eigenvalue weighted by Gasteiger charge is -2.22. The van der Waals surface area contributed by atoms with E-state index >= 15 is 0 Å². The summed E-state index contributed by atoms with van der Waals surface area (Å²) in [6, 6.07) is 12.7. The van der Waals surface area contributed by atoms with Gasteiger partial charge in [-0.25, -0.2) is 4.31 Å². The lowest BCUT2D eigenvalue weighted by atomic mass is 9.97. The van der Waals surface area contributed by atoms with Crippen molar-refractivity contribution in [2.24, 2.45) is 11.8 Å². The van der Waals surface area contributed by atoms with E-state index in [-0.39, 0.29) is 18.2 Å². The summed E-state index contributed by atoms with van der Waals surface area (Å²) < 4.78 is 31.9. The van der Waals surface area contributed by atoms with E-state index in [1.165, 1.54) is 0 Å². The van der Waals surface area contributed by atoms with E-state index in [1.54, 1.807) is 30.3 Å². The molecular weight excluding hydrogens is 434 g/mol. The van der Waals surface area contributed by atoms with Crippen molar-refractivity contribution < 1.29 is 17.4 Å². The molecule has 0 aliphatic rings. The zero-order valence-corrected chi connectivity index (χ0v) is 20.4. The molecule has 0 bridgehead atoms. The monoisotopic (exact) mass is 465 g/mol. The number of amides is 1. The standard InChI is InChI=1S/C24H32ClNO4S/c1-17(2)9-20-11-21(10-18(3)4)13-24(12-20)30-31(28,29)26(16-27)15-19(5)22-7-6-8-23(25)14-22/h6-8,11-14,16-19H,9-10,15H2,1-5H3. The third-order valence-corrected chi connectivity index (χ3v) is 6.24. The maximum Gasteiger partial charge on any atom is 0.412 e. The second kappa shape index (κ2) is 11.0. The Balaban J connectivity index is 2.26. The molecule has 5 nitrogen and oxygen atoms in total. The lowest BCUT2D eigenvalue weighted by Crippen LogP contribution is -2.36. The van der Waals surface area contributed by atoms with Crippen LogP contribution in [0.3, 0.4) is 0 Å². The zero-order chi connectivity index (χ0) is 23.2. The van der Waals surface area contributed by atoms with Crippen LogP contribution in [0.2, 0.25) is 5.02 Å².